The van der Waals surface area contributed by atoms with Crippen molar-refractivity contribution in [1.29, 1.82) is 0 Å². The number of benzene rings is 2. The maximum atomic E-state index is 12.5. The molecule has 0 spiro atoms. The molecule has 2 aromatic carbocycles. The molecular formula is C23H29ClN4O. The summed E-state index contributed by atoms with van der Waals surface area (Å²) in [4.78, 5) is 19.1. The van der Waals surface area contributed by atoms with Crippen LogP contribution in [0.25, 0.3) is 0 Å². The molecule has 1 amide bonds. The highest BCUT2D eigenvalue weighted by atomic mass is 35.5. The minimum atomic E-state index is 0.0798. The van der Waals surface area contributed by atoms with Gasteiger partial charge in [-0.25, -0.2) is 0 Å². The Bertz CT molecular complexity index is 842. The molecule has 0 radical (unpaired) electrons. The Morgan fingerprint density at radius 2 is 1.90 bits per heavy atom. The Hall–Kier alpha value is -2.53. The van der Waals surface area contributed by atoms with E-state index in [0.29, 0.717) is 13.0 Å². The Morgan fingerprint density at radius 1 is 1.17 bits per heavy atom. The van der Waals surface area contributed by atoms with Gasteiger partial charge in [0.2, 0.25) is 5.91 Å². The Kier molecular flexibility index (Phi) is 7.53. The summed E-state index contributed by atoms with van der Waals surface area (Å²) < 4.78 is 0. The van der Waals surface area contributed by atoms with E-state index in [1.54, 1.807) is 0 Å². The largest absolute Gasteiger partial charge is 0.357 e. The van der Waals surface area contributed by atoms with E-state index in [1.165, 1.54) is 11.1 Å². The third-order valence-corrected chi connectivity index (χ3v) is 5.29. The topological polar surface area (TPSA) is 56.7 Å². The molecule has 0 aliphatic carbocycles. The van der Waals surface area contributed by atoms with Crippen LogP contribution in [0.15, 0.2) is 53.5 Å². The molecule has 0 fully saturated rings. The van der Waals surface area contributed by atoms with Gasteiger partial charge in [-0.15, -0.1) is 0 Å². The van der Waals surface area contributed by atoms with Gasteiger partial charge in [0.05, 0.1) is 6.04 Å². The Morgan fingerprint density at radius 3 is 2.55 bits per heavy atom. The van der Waals surface area contributed by atoms with Crippen molar-refractivity contribution >= 4 is 23.5 Å². The maximum absolute atomic E-state index is 12.5. The highest BCUT2D eigenvalue weighted by molar-refractivity contribution is 6.30. The number of nitrogens with zero attached hydrogens (tertiary/aromatic N) is 2. The molecule has 0 aromatic heterocycles. The first-order valence-electron chi connectivity index (χ1n) is 10.2. The van der Waals surface area contributed by atoms with Gasteiger partial charge in [0, 0.05) is 37.6 Å². The van der Waals surface area contributed by atoms with Gasteiger partial charge in [0.15, 0.2) is 5.96 Å². The minimum Gasteiger partial charge on any atom is -0.357 e. The van der Waals surface area contributed by atoms with Crippen LogP contribution < -0.4 is 10.6 Å². The highest BCUT2D eigenvalue weighted by Gasteiger charge is 2.22. The fraction of sp³-hybridized carbons (Fsp3) is 0.391. The van der Waals surface area contributed by atoms with Crippen molar-refractivity contribution in [1.82, 2.24) is 15.5 Å². The first kappa shape index (κ1) is 21.2. The molecule has 0 saturated carbocycles. The van der Waals surface area contributed by atoms with Gasteiger partial charge in [-0.05, 0) is 49.1 Å². The quantitative estimate of drug-likeness (QED) is 0.405. The SMILES string of the molecule is CCNC(=NCCCC(=O)N1Cc2ccccc2C1)NC(C)c1cccc(Cl)c1. The van der Waals surface area contributed by atoms with Gasteiger partial charge in [0.25, 0.3) is 0 Å². The first-order chi connectivity index (χ1) is 14.1. The van der Waals surface area contributed by atoms with Crippen molar-refractivity contribution in [3.05, 3.63) is 70.2 Å². The molecule has 1 atom stereocenters. The van der Waals surface area contributed by atoms with E-state index in [4.69, 9.17) is 11.6 Å². The third kappa shape index (κ3) is 5.97. The average molecular weight is 413 g/mol. The number of hydrogen-bond donors (Lipinski definition) is 2. The number of carbonyl (C=O) groups is 1. The second-order valence-corrected chi connectivity index (χ2v) is 7.74. The van der Waals surface area contributed by atoms with Crippen LogP contribution in [0.3, 0.4) is 0 Å². The van der Waals surface area contributed by atoms with Crippen LogP contribution in [-0.2, 0) is 17.9 Å². The normalized spacial score (nSPS) is 14.4. The zero-order chi connectivity index (χ0) is 20.6. The number of carbonyl (C=O) groups excluding carboxylic acids is 1. The third-order valence-electron chi connectivity index (χ3n) is 5.06. The number of rotatable bonds is 7. The average Bonchev–Trinajstić information content (AvgIpc) is 3.15. The van der Waals surface area contributed by atoms with E-state index >= 15 is 0 Å². The Balaban J connectivity index is 1.47. The molecule has 0 bridgehead atoms. The van der Waals surface area contributed by atoms with Gasteiger partial charge >= 0.3 is 0 Å². The lowest BCUT2D eigenvalue weighted by Gasteiger charge is -2.18. The van der Waals surface area contributed by atoms with Crippen molar-refractivity contribution in [2.24, 2.45) is 4.99 Å². The molecule has 0 saturated heterocycles. The van der Waals surface area contributed by atoms with E-state index in [2.05, 4.69) is 34.7 Å². The number of guanidine groups is 1. The predicted octanol–water partition coefficient (Wildman–Crippen LogP) is 4.28. The molecule has 2 N–H and O–H groups in total. The molecular weight excluding hydrogens is 384 g/mol. The molecule has 6 heteroatoms. The van der Waals surface area contributed by atoms with Crippen LogP contribution in [0.4, 0.5) is 0 Å². The van der Waals surface area contributed by atoms with Crippen LogP contribution in [0.1, 0.15) is 49.4 Å². The highest BCUT2D eigenvalue weighted by Crippen LogP contribution is 2.23. The molecule has 1 aliphatic rings. The first-order valence-corrected chi connectivity index (χ1v) is 10.6. The molecule has 3 rings (SSSR count). The lowest BCUT2D eigenvalue weighted by molar-refractivity contribution is -0.131. The predicted molar refractivity (Wildman–Crippen MR) is 119 cm³/mol. The summed E-state index contributed by atoms with van der Waals surface area (Å²) in [6.45, 7) is 6.94. The molecule has 1 heterocycles. The maximum Gasteiger partial charge on any atom is 0.223 e. The van der Waals surface area contributed by atoms with Gasteiger partial charge < -0.3 is 15.5 Å². The fourth-order valence-electron chi connectivity index (χ4n) is 3.47. The fourth-order valence-corrected chi connectivity index (χ4v) is 3.67. The summed E-state index contributed by atoms with van der Waals surface area (Å²) in [5.41, 5.74) is 3.62. The summed E-state index contributed by atoms with van der Waals surface area (Å²) in [6.07, 6.45) is 1.24. The summed E-state index contributed by atoms with van der Waals surface area (Å²) in [5, 5.41) is 7.39. The van der Waals surface area contributed by atoms with Crippen molar-refractivity contribution in [3.8, 4) is 0 Å². The number of aliphatic imine (C=N–C) groups is 1. The number of halogens is 1. The smallest absolute Gasteiger partial charge is 0.223 e. The summed E-state index contributed by atoms with van der Waals surface area (Å²) in [5.74, 6) is 0.947. The van der Waals surface area contributed by atoms with Crippen molar-refractivity contribution in [3.63, 3.8) is 0 Å². The van der Waals surface area contributed by atoms with E-state index in [-0.39, 0.29) is 11.9 Å². The molecule has 1 unspecified atom stereocenters. The zero-order valence-electron chi connectivity index (χ0n) is 17.1. The summed E-state index contributed by atoms with van der Waals surface area (Å²) in [7, 11) is 0. The second-order valence-electron chi connectivity index (χ2n) is 7.30. The van der Waals surface area contributed by atoms with Gasteiger partial charge in [-0.1, -0.05) is 48.0 Å². The molecule has 5 nitrogen and oxygen atoms in total. The van der Waals surface area contributed by atoms with Crippen LogP contribution in [-0.4, -0.2) is 29.9 Å². The lowest BCUT2D eigenvalue weighted by Crippen LogP contribution is -2.38. The summed E-state index contributed by atoms with van der Waals surface area (Å²) >= 11 is 6.09. The molecule has 2 aromatic rings. The minimum absolute atomic E-state index is 0.0798. The van der Waals surface area contributed by atoms with E-state index in [1.807, 2.05) is 48.2 Å². The van der Waals surface area contributed by atoms with E-state index < -0.39 is 0 Å². The number of nitrogens with one attached hydrogen (secondary N) is 2. The number of hydrogen-bond acceptors (Lipinski definition) is 2. The van der Waals surface area contributed by atoms with Crippen molar-refractivity contribution < 1.29 is 4.79 Å². The lowest BCUT2D eigenvalue weighted by atomic mass is 10.1. The van der Waals surface area contributed by atoms with Gasteiger partial charge in [-0.2, -0.15) is 0 Å². The summed E-state index contributed by atoms with van der Waals surface area (Å²) in [6, 6.07) is 16.1. The molecule has 1 aliphatic heterocycles. The van der Waals surface area contributed by atoms with Crippen LogP contribution >= 0.6 is 11.6 Å². The second kappa shape index (κ2) is 10.3. The monoisotopic (exact) mass is 412 g/mol. The standard InChI is InChI=1S/C23H29ClN4O/c1-3-25-23(27-17(2)18-10-6-11-21(24)14-18)26-13-7-12-22(29)28-15-19-8-4-5-9-20(19)16-28/h4-6,8-11,14,17H,3,7,12-13,15-16H2,1-2H3,(H2,25,26,27). The van der Waals surface area contributed by atoms with Crippen molar-refractivity contribution in [2.75, 3.05) is 13.1 Å². The molecule has 154 valence electrons. The Labute approximate surface area is 178 Å². The van der Waals surface area contributed by atoms with Crippen LogP contribution in [0, 0.1) is 0 Å². The number of fused-ring (bicyclic) bond motifs is 1. The van der Waals surface area contributed by atoms with Gasteiger partial charge in [0.1, 0.15) is 0 Å². The zero-order valence-corrected chi connectivity index (χ0v) is 17.9. The van der Waals surface area contributed by atoms with Crippen LogP contribution in [0.2, 0.25) is 5.02 Å². The van der Waals surface area contributed by atoms with Gasteiger partial charge in [-0.3, -0.25) is 9.79 Å². The molecule has 29 heavy (non-hydrogen) atoms. The van der Waals surface area contributed by atoms with E-state index in [9.17, 15) is 4.79 Å². The van der Waals surface area contributed by atoms with Crippen LogP contribution in [0.5, 0.6) is 0 Å². The van der Waals surface area contributed by atoms with E-state index in [0.717, 1.165) is 42.6 Å². The van der Waals surface area contributed by atoms with Crippen molar-refractivity contribution in [2.45, 2.75) is 45.8 Å². The number of amides is 1.